The molecule has 0 radical (unpaired) electrons. The third-order valence-electron chi connectivity index (χ3n) is 5.07. The molecule has 2 rings (SSSR count). The highest BCUT2D eigenvalue weighted by Crippen LogP contribution is 2.24. The lowest BCUT2D eigenvalue weighted by molar-refractivity contribution is -0.121. The van der Waals surface area contributed by atoms with Crippen LogP contribution in [-0.4, -0.2) is 31.6 Å². The standard InChI is InChI=1S/C21H30N6O2S/c1-13(2)16-7-9-17(10-8-16)29-11-18-25-26-20(27(18)23)30-15(5)19(28)24-21(6,12-22)14(3)4/h7-10,13-15H,11,23H2,1-6H3,(H,24,28). The quantitative estimate of drug-likeness (QED) is 0.463. The van der Waals surface area contributed by atoms with Crippen molar-refractivity contribution in [1.29, 1.82) is 5.26 Å². The lowest BCUT2D eigenvalue weighted by atomic mass is 9.90. The number of ether oxygens (including phenoxy) is 1. The molecule has 1 amide bonds. The smallest absolute Gasteiger partial charge is 0.234 e. The van der Waals surface area contributed by atoms with Crippen LogP contribution in [0.1, 0.15) is 58.8 Å². The minimum Gasteiger partial charge on any atom is -0.486 e. The first-order chi connectivity index (χ1) is 14.1. The molecule has 162 valence electrons. The van der Waals surface area contributed by atoms with Crippen molar-refractivity contribution in [3.63, 3.8) is 0 Å². The van der Waals surface area contributed by atoms with Gasteiger partial charge in [0.15, 0.2) is 5.82 Å². The van der Waals surface area contributed by atoms with E-state index >= 15 is 0 Å². The average molecular weight is 431 g/mol. The van der Waals surface area contributed by atoms with Crippen molar-refractivity contribution in [2.75, 3.05) is 5.84 Å². The average Bonchev–Trinajstić information content (AvgIpc) is 3.05. The number of nitrogens with one attached hydrogen (secondary N) is 1. The van der Waals surface area contributed by atoms with Gasteiger partial charge in [-0.3, -0.25) is 4.79 Å². The predicted octanol–water partition coefficient (Wildman–Crippen LogP) is 3.23. The van der Waals surface area contributed by atoms with Gasteiger partial charge in [-0.25, -0.2) is 4.68 Å². The highest BCUT2D eigenvalue weighted by Gasteiger charge is 2.32. The van der Waals surface area contributed by atoms with Crippen molar-refractivity contribution >= 4 is 17.7 Å². The van der Waals surface area contributed by atoms with Gasteiger partial charge in [-0.2, -0.15) is 5.26 Å². The first-order valence-corrected chi connectivity index (χ1v) is 10.8. The molecule has 0 saturated carbocycles. The fourth-order valence-corrected chi connectivity index (χ4v) is 3.24. The molecule has 1 aromatic carbocycles. The molecule has 0 spiro atoms. The molecule has 9 heteroatoms. The summed E-state index contributed by atoms with van der Waals surface area (Å²) in [6.45, 7) is 11.7. The molecule has 30 heavy (non-hydrogen) atoms. The Balaban J connectivity index is 1.97. The molecule has 2 aromatic rings. The van der Waals surface area contributed by atoms with E-state index < -0.39 is 10.8 Å². The van der Waals surface area contributed by atoms with Crippen LogP contribution in [0, 0.1) is 17.2 Å². The maximum Gasteiger partial charge on any atom is 0.234 e. The van der Waals surface area contributed by atoms with Crippen LogP contribution in [0.2, 0.25) is 0 Å². The van der Waals surface area contributed by atoms with Crippen LogP contribution in [0.15, 0.2) is 29.4 Å². The summed E-state index contributed by atoms with van der Waals surface area (Å²) >= 11 is 1.18. The monoisotopic (exact) mass is 430 g/mol. The number of rotatable bonds is 9. The largest absolute Gasteiger partial charge is 0.486 e. The molecule has 0 aliphatic rings. The highest BCUT2D eigenvalue weighted by molar-refractivity contribution is 8.00. The second kappa shape index (κ2) is 9.85. The van der Waals surface area contributed by atoms with Gasteiger partial charge in [0.05, 0.1) is 11.3 Å². The van der Waals surface area contributed by atoms with Gasteiger partial charge in [0.25, 0.3) is 0 Å². The van der Waals surface area contributed by atoms with Crippen LogP contribution in [0.3, 0.4) is 0 Å². The number of aromatic nitrogens is 3. The van der Waals surface area contributed by atoms with Crippen LogP contribution in [0.25, 0.3) is 0 Å². The summed E-state index contributed by atoms with van der Waals surface area (Å²) < 4.78 is 7.07. The SMILES string of the molecule is CC(Sc1nnc(COc2ccc(C(C)C)cc2)n1N)C(=O)NC(C)(C#N)C(C)C. The number of hydrogen-bond donors (Lipinski definition) is 2. The zero-order chi connectivity index (χ0) is 22.5. The van der Waals surface area contributed by atoms with Crippen LogP contribution < -0.4 is 15.9 Å². The van der Waals surface area contributed by atoms with Gasteiger partial charge in [0.1, 0.15) is 17.9 Å². The molecule has 0 aliphatic carbocycles. The van der Waals surface area contributed by atoms with Crippen molar-refractivity contribution in [3.05, 3.63) is 35.7 Å². The highest BCUT2D eigenvalue weighted by atomic mass is 32.2. The van der Waals surface area contributed by atoms with E-state index in [-0.39, 0.29) is 18.4 Å². The van der Waals surface area contributed by atoms with E-state index in [0.717, 1.165) is 0 Å². The number of hydrogen-bond acceptors (Lipinski definition) is 7. The van der Waals surface area contributed by atoms with E-state index in [1.165, 1.54) is 22.0 Å². The number of carbonyl (C=O) groups is 1. The van der Waals surface area contributed by atoms with Crippen LogP contribution >= 0.6 is 11.8 Å². The second-order valence-electron chi connectivity index (χ2n) is 8.00. The second-order valence-corrected chi connectivity index (χ2v) is 9.31. The molecular formula is C21H30N6O2S. The van der Waals surface area contributed by atoms with E-state index in [1.54, 1.807) is 13.8 Å². The Morgan fingerprint density at radius 2 is 1.90 bits per heavy atom. The summed E-state index contributed by atoms with van der Waals surface area (Å²) in [5, 5.41) is 20.2. The maximum atomic E-state index is 12.5. The van der Waals surface area contributed by atoms with Crippen molar-refractivity contribution in [2.24, 2.45) is 5.92 Å². The molecule has 8 nitrogen and oxygen atoms in total. The van der Waals surface area contributed by atoms with Crippen molar-refractivity contribution in [2.45, 2.75) is 70.0 Å². The first kappa shape index (κ1) is 23.5. The van der Waals surface area contributed by atoms with E-state index in [2.05, 4.69) is 35.4 Å². The topological polar surface area (TPSA) is 119 Å². The van der Waals surface area contributed by atoms with E-state index in [0.29, 0.717) is 22.6 Å². The fraction of sp³-hybridized carbons (Fsp3) is 0.524. The molecule has 0 bridgehead atoms. The van der Waals surface area contributed by atoms with Gasteiger partial charge in [-0.05, 0) is 43.4 Å². The Labute approximate surface area is 182 Å². The zero-order valence-corrected chi connectivity index (χ0v) is 19.2. The first-order valence-electron chi connectivity index (χ1n) is 9.89. The summed E-state index contributed by atoms with van der Waals surface area (Å²) in [6.07, 6.45) is 0. The summed E-state index contributed by atoms with van der Waals surface area (Å²) in [7, 11) is 0. The van der Waals surface area contributed by atoms with Crippen molar-refractivity contribution in [3.8, 4) is 11.8 Å². The summed E-state index contributed by atoms with van der Waals surface area (Å²) in [5.41, 5.74) is 0.298. The summed E-state index contributed by atoms with van der Waals surface area (Å²) in [6, 6.07) is 10.1. The minimum atomic E-state index is -0.938. The maximum absolute atomic E-state index is 12.5. The Morgan fingerprint density at radius 3 is 2.43 bits per heavy atom. The summed E-state index contributed by atoms with van der Waals surface area (Å²) in [4.78, 5) is 12.5. The lowest BCUT2D eigenvalue weighted by Gasteiger charge is -2.28. The number of carbonyl (C=O) groups excluding carboxylic acids is 1. The van der Waals surface area contributed by atoms with E-state index in [9.17, 15) is 10.1 Å². The van der Waals surface area contributed by atoms with Gasteiger partial charge in [0, 0.05) is 0 Å². The molecular weight excluding hydrogens is 400 g/mol. The number of thioether (sulfide) groups is 1. The molecule has 0 aliphatic heterocycles. The van der Waals surface area contributed by atoms with Crippen LogP contribution in [0.4, 0.5) is 0 Å². The molecule has 1 heterocycles. The Kier molecular flexibility index (Phi) is 7.73. The van der Waals surface area contributed by atoms with Crippen LogP contribution in [0.5, 0.6) is 5.75 Å². The zero-order valence-electron chi connectivity index (χ0n) is 18.3. The molecule has 1 aromatic heterocycles. The lowest BCUT2D eigenvalue weighted by Crippen LogP contribution is -2.51. The predicted molar refractivity (Wildman–Crippen MR) is 117 cm³/mol. The van der Waals surface area contributed by atoms with Crippen LogP contribution in [-0.2, 0) is 11.4 Å². The molecule has 0 saturated heterocycles. The van der Waals surface area contributed by atoms with Gasteiger partial charge in [-0.15, -0.1) is 10.2 Å². The minimum absolute atomic E-state index is 0.0276. The molecule has 0 fully saturated rings. The number of amides is 1. The van der Waals surface area contributed by atoms with Gasteiger partial charge < -0.3 is 15.9 Å². The number of benzene rings is 1. The summed E-state index contributed by atoms with van der Waals surface area (Å²) in [5.74, 6) is 7.42. The van der Waals surface area contributed by atoms with Crippen molar-refractivity contribution in [1.82, 2.24) is 20.2 Å². The number of nitrogen functional groups attached to an aromatic ring is 1. The number of nitrogens with two attached hydrogens (primary N) is 1. The molecule has 3 N–H and O–H groups in total. The number of nitriles is 1. The molecule has 2 unspecified atom stereocenters. The fourth-order valence-electron chi connectivity index (χ4n) is 2.45. The Hall–Kier alpha value is -2.73. The Morgan fingerprint density at radius 1 is 1.27 bits per heavy atom. The third-order valence-corrected chi connectivity index (χ3v) is 6.13. The third kappa shape index (κ3) is 5.66. The van der Waals surface area contributed by atoms with Gasteiger partial charge in [0.2, 0.25) is 11.1 Å². The number of nitrogens with zero attached hydrogens (tertiary/aromatic N) is 4. The Bertz CT molecular complexity index is 903. The van der Waals surface area contributed by atoms with E-state index in [1.807, 2.05) is 38.1 Å². The van der Waals surface area contributed by atoms with Gasteiger partial charge >= 0.3 is 0 Å². The molecule has 2 atom stereocenters. The normalized spacial score (nSPS) is 14.2. The van der Waals surface area contributed by atoms with Gasteiger partial charge in [-0.1, -0.05) is 51.6 Å². The van der Waals surface area contributed by atoms with E-state index in [4.69, 9.17) is 10.6 Å². The van der Waals surface area contributed by atoms with Crippen molar-refractivity contribution < 1.29 is 9.53 Å².